The number of esters is 1. The van der Waals surface area contributed by atoms with E-state index in [4.69, 9.17) is 4.74 Å². The summed E-state index contributed by atoms with van der Waals surface area (Å²) in [6.45, 7) is 2.30. The molecule has 0 saturated heterocycles. The van der Waals surface area contributed by atoms with Crippen molar-refractivity contribution in [3.05, 3.63) is 34.3 Å². The van der Waals surface area contributed by atoms with Gasteiger partial charge in [0.2, 0.25) is 0 Å². The average molecular weight is 271 g/mol. The molecule has 0 saturated carbocycles. The monoisotopic (exact) mass is 270 g/mol. The molecule has 0 heterocycles. The molecule has 15 heavy (non-hydrogen) atoms. The van der Waals surface area contributed by atoms with E-state index < -0.39 is 0 Å². The van der Waals surface area contributed by atoms with E-state index in [1.807, 2.05) is 19.1 Å². The lowest BCUT2D eigenvalue weighted by atomic mass is 10.1. The van der Waals surface area contributed by atoms with Crippen molar-refractivity contribution in [2.24, 2.45) is 0 Å². The van der Waals surface area contributed by atoms with Crippen LogP contribution in [0.5, 0.6) is 0 Å². The number of carbonyl (C=O) groups is 1. The number of hydrogen-bond donors (Lipinski definition) is 0. The van der Waals surface area contributed by atoms with Gasteiger partial charge in [-0.1, -0.05) is 28.1 Å². The second-order valence-corrected chi connectivity index (χ2v) is 4.20. The van der Waals surface area contributed by atoms with Gasteiger partial charge in [0.25, 0.3) is 0 Å². The van der Waals surface area contributed by atoms with Gasteiger partial charge in [0, 0.05) is 10.9 Å². The van der Waals surface area contributed by atoms with E-state index in [0.29, 0.717) is 13.0 Å². The molecule has 0 spiro atoms. The van der Waals surface area contributed by atoms with Crippen LogP contribution in [-0.4, -0.2) is 12.6 Å². The summed E-state index contributed by atoms with van der Waals surface area (Å²) in [5.41, 5.74) is 1.25. The van der Waals surface area contributed by atoms with Gasteiger partial charge in [-0.2, -0.15) is 0 Å². The molecule has 0 bridgehead atoms. The first-order valence-electron chi connectivity index (χ1n) is 5.12. The molecular weight excluding hydrogens is 256 g/mol. The molecule has 3 heteroatoms. The molecule has 0 aliphatic rings. The Balaban J connectivity index is 2.26. The minimum Gasteiger partial charge on any atom is -0.466 e. The van der Waals surface area contributed by atoms with Crippen molar-refractivity contribution < 1.29 is 9.53 Å². The summed E-state index contributed by atoms with van der Waals surface area (Å²) in [7, 11) is 0. The van der Waals surface area contributed by atoms with Gasteiger partial charge in [0.1, 0.15) is 0 Å². The molecule has 0 fully saturated rings. The molecule has 0 aliphatic heterocycles. The summed E-state index contributed by atoms with van der Waals surface area (Å²) in [5.74, 6) is -0.102. The van der Waals surface area contributed by atoms with Gasteiger partial charge in [0.15, 0.2) is 0 Å². The summed E-state index contributed by atoms with van der Waals surface area (Å²) >= 11 is 3.38. The van der Waals surface area contributed by atoms with Crippen LogP contribution in [0, 0.1) is 0 Å². The van der Waals surface area contributed by atoms with Crippen molar-refractivity contribution in [2.75, 3.05) is 6.61 Å². The molecule has 0 radical (unpaired) electrons. The van der Waals surface area contributed by atoms with Gasteiger partial charge in [-0.3, -0.25) is 4.79 Å². The fourth-order valence-corrected chi connectivity index (χ4v) is 1.59. The van der Waals surface area contributed by atoms with Gasteiger partial charge >= 0.3 is 5.97 Å². The first-order valence-corrected chi connectivity index (χ1v) is 5.91. The fraction of sp³-hybridized carbons (Fsp3) is 0.417. The van der Waals surface area contributed by atoms with E-state index in [9.17, 15) is 4.79 Å². The zero-order chi connectivity index (χ0) is 11.1. The maximum absolute atomic E-state index is 11.1. The molecule has 0 aliphatic carbocycles. The molecule has 1 rings (SSSR count). The topological polar surface area (TPSA) is 26.3 Å². The van der Waals surface area contributed by atoms with Crippen LogP contribution in [0.3, 0.4) is 0 Å². The first kappa shape index (κ1) is 12.2. The van der Waals surface area contributed by atoms with Crippen LogP contribution in [0.25, 0.3) is 0 Å². The third-order valence-electron chi connectivity index (χ3n) is 2.06. The Morgan fingerprint density at radius 3 is 2.60 bits per heavy atom. The van der Waals surface area contributed by atoms with E-state index in [1.165, 1.54) is 5.56 Å². The Morgan fingerprint density at radius 2 is 2.00 bits per heavy atom. The Bertz CT molecular complexity index is 306. The molecule has 0 unspecified atom stereocenters. The highest BCUT2D eigenvalue weighted by atomic mass is 79.9. The lowest BCUT2D eigenvalue weighted by molar-refractivity contribution is -0.143. The molecule has 2 nitrogen and oxygen atoms in total. The third kappa shape index (κ3) is 4.98. The summed E-state index contributed by atoms with van der Waals surface area (Å²) in [6, 6.07) is 8.16. The quantitative estimate of drug-likeness (QED) is 0.768. The standard InChI is InChI=1S/C12H15BrO2/c1-2-15-12(14)5-3-4-10-6-8-11(13)9-7-10/h6-9H,2-5H2,1H3. The predicted molar refractivity (Wildman–Crippen MR) is 63.7 cm³/mol. The van der Waals surface area contributed by atoms with Crippen molar-refractivity contribution >= 4 is 21.9 Å². The normalized spacial score (nSPS) is 10.0. The number of carbonyl (C=O) groups excluding carboxylic acids is 1. The van der Waals surface area contributed by atoms with Gasteiger partial charge < -0.3 is 4.74 Å². The number of ether oxygens (including phenoxy) is 1. The number of aryl methyl sites for hydroxylation is 1. The van der Waals surface area contributed by atoms with Crippen molar-refractivity contribution in [1.82, 2.24) is 0 Å². The molecule has 0 aromatic heterocycles. The minimum atomic E-state index is -0.102. The van der Waals surface area contributed by atoms with Crippen LogP contribution >= 0.6 is 15.9 Å². The fourth-order valence-electron chi connectivity index (χ4n) is 1.32. The second-order valence-electron chi connectivity index (χ2n) is 3.29. The zero-order valence-corrected chi connectivity index (χ0v) is 10.4. The van der Waals surface area contributed by atoms with E-state index in [1.54, 1.807) is 0 Å². The Kier molecular flexibility index (Phi) is 5.40. The number of benzene rings is 1. The number of hydrogen-bond acceptors (Lipinski definition) is 2. The van der Waals surface area contributed by atoms with Crippen LogP contribution in [-0.2, 0) is 16.0 Å². The maximum Gasteiger partial charge on any atom is 0.305 e. The smallest absolute Gasteiger partial charge is 0.305 e. The number of halogens is 1. The lowest BCUT2D eigenvalue weighted by Crippen LogP contribution is -2.03. The van der Waals surface area contributed by atoms with E-state index in [-0.39, 0.29) is 5.97 Å². The van der Waals surface area contributed by atoms with Crippen molar-refractivity contribution in [1.29, 1.82) is 0 Å². The average Bonchev–Trinajstić information content (AvgIpc) is 2.21. The number of rotatable bonds is 5. The molecule has 0 N–H and O–H groups in total. The zero-order valence-electron chi connectivity index (χ0n) is 8.83. The Morgan fingerprint density at radius 1 is 1.33 bits per heavy atom. The SMILES string of the molecule is CCOC(=O)CCCc1ccc(Br)cc1. The lowest BCUT2D eigenvalue weighted by Gasteiger charge is -2.02. The predicted octanol–water partition coefficient (Wildman–Crippen LogP) is 3.33. The molecule has 82 valence electrons. The maximum atomic E-state index is 11.1. The molecule has 0 amide bonds. The summed E-state index contributed by atoms with van der Waals surface area (Å²) in [4.78, 5) is 11.1. The van der Waals surface area contributed by atoms with Gasteiger partial charge in [-0.15, -0.1) is 0 Å². The van der Waals surface area contributed by atoms with Gasteiger partial charge in [0.05, 0.1) is 6.61 Å². The van der Waals surface area contributed by atoms with Crippen molar-refractivity contribution in [3.8, 4) is 0 Å². The molecular formula is C12H15BrO2. The molecule has 0 atom stereocenters. The van der Waals surface area contributed by atoms with Crippen LogP contribution in [0.15, 0.2) is 28.7 Å². The largest absolute Gasteiger partial charge is 0.466 e. The van der Waals surface area contributed by atoms with Gasteiger partial charge in [-0.05, 0) is 37.5 Å². The van der Waals surface area contributed by atoms with E-state index >= 15 is 0 Å². The van der Waals surface area contributed by atoms with Crippen molar-refractivity contribution in [2.45, 2.75) is 26.2 Å². The first-order chi connectivity index (χ1) is 7.22. The summed E-state index contributed by atoms with van der Waals surface area (Å²) in [5, 5.41) is 0. The Hall–Kier alpha value is -0.830. The van der Waals surface area contributed by atoms with Crippen LogP contribution in [0.2, 0.25) is 0 Å². The minimum absolute atomic E-state index is 0.102. The highest BCUT2D eigenvalue weighted by Crippen LogP contribution is 2.12. The van der Waals surface area contributed by atoms with E-state index in [0.717, 1.165) is 17.3 Å². The summed E-state index contributed by atoms with van der Waals surface area (Å²) < 4.78 is 5.93. The van der Waals surface area contributed by atoms with Crippen LogP contribution < -0.4 is 0 Å². The van der Waals surface area contributed by atoms with Crippen LogP contribution in [0.4, 0.5) is 0 Å². The van der Waals surface area contributed by atoms with Gasteiger partial charge in [-0.25, -0.2) is 0 Å². The van der Waals surface area contributed by atoms with Crippen molar-refractivity contribution in [3.63, 3.8) is 0 Å². The van der Waals surface area contributed by atoms with Crippen LogP contribution in [0.1, 0.15) is 25.3 Å². The highest BCUT2D eigenvalue weighted by Gasteiger charge is 2.01. The van der Waals surface area contributed by atoms with E-state index in [2.05, 4.69) is 28.1 Å². The summed E-state index contributed by atoms with van der Waals surface area (Å²) in [6.07, 6.45) is 2.27. The Labute approximate surface area is 98.8 Å². The molecule has 1 aromatic carbocycles. The molecule has 1 aromatic rings. The highest BCUT2D eigenvalue weighted by molar-refractivity contribution is 9.10. The second kappa shape index (κ2) is 6.62. The third-order valence-corrected chi connectivity index (χ3v) is 2.59.